The normalized spacial score (nSPS) is 20.6. The molecule has 2 rings (SSSR count). The highest BCUT2D eigenvalue weighted by molar-refractivity contribution is 7.18. The summed E-state index contributed by atoms with van der Waals surface area (Å²) in [6.07, 6.45) is 3.34. The molecule has 1 atom stereocenters. The summed E-state index contributed by atoms with van der Waals surface area (Å²) in [6.45, 7) is 3.90. The summed E-state index contributed by atoms with van der Waals surface area (Å²) in [5.74, 6) is 1.07. The summed E-state index contributed by atoms with van der Waals surface area (Å²) >= 11 is 1.33. The molecular formula is C12H20N4OS. The van der Waals surface area contributed by atoms with Gasteiger partial charge in [0, 0.05) is 20.1 Å². The monoisotopic (exact) mass is 268 g/mol. The lowest BCUT2D eigenvalue weighted by molar-refractivity contribution is 0.0766. The second-order valence-corrected chi connectivity index (χ2v) is 5.81. The number of nitrogen functional groups attached to an aromatic ring is 1. The van der Waals surface area contributed by atoms with Crippen LogP contribution in [0.5, 0.6) is 0 Å². The maximum Gasteiger partial charge on any atom is 0.267 e. The minimum atomic E-state index is 0.0283. The number of hydrogen-bond donors (Lipinski definition) is 2. The van der Waals surface area contributed by atoms with E-state index in [0.29, 0.717) is 21.7 Å². The van der Waals surface area contributed by atoms with Crippen LogP contribution in [0.15, 0.2) is 0 Å². The Labute approximate surface area is 111 Å². The molecule has 5 nitrogen and oxygen atoms in total. The minimum Gasteiger partial charge on any atom is -0.382 e. The van der Waals surface area contributed by atoms with Gasteiger partial charge >= 0.3 is 0 Å². The van der Waals surface area contributed by atoms with E-state index >= 15 is 0 Å². The number of thiazole rings is 1. The van der Waals surface area contributed by atoms with Crippen LogP contribution in [0, 0.1) is 5.92 Å². The predicted molar refractivity (Wildman–Crippen MR) is 75.0 cm³/mol. The zero-order valence-electron chi connectivity index (χ0n) is 10.9. The molecule has 0 aromatic carbocycles. The van der Waals surface area contributed by atoms with Crippen molar-refractivity contribution in [2.75, 3.05) is 31.2 Å². The smallest absolute Gasteiger partial charge is 0.267 e. The second kappa shape index (κ2) is 5.56. The van der Waals surface area contributed by atoms with E-state index in [1.165, 1.54) is 17.8 Å². The van der Waals surface area contributed by atoms with Crippen LogP contribution in [0.4, 0.5) is 10.9 Å². The zero-order valence-corrected chi connectivity index (χ0v) is 11.7. The van der Waals surface area contributed by atoms with Gasteiger partial charge in [-0.2, -0.15) is 0 Å². The lowest BCUT2D eigenvalue weighted by Crippen LogP contribution is -2.31. The topological polar surface area (TPSA) is 71.2 Å². The molecule has 0 spiro atoms. The van der Waals surface area contributed by atoms with Gasteiger partial charge in [0.05, 0.1) is 0 Å². The molecule has 1 fully saturated rings. The van der Waals surface area contributed by atoms with Gasteiger partial charge < -0.3 is 16.0 Å². The average molecular weight is 268 g/mol. The largest absolute Gasteiger partial charge is 0.382 e. The van der Waals surface area contributed by atoms with Gasteiger partial charge in [-0.1, -0.05) is 18.3 Å². The Morgan fingerprint density at radius 1 is 1.50 bits per heavy atom. The fourth-order valence-electron chi connectivity index (χ4n) is 2.20. The van der Waals surface area contributed by atoms with E-state index in [-0.39, 0.29) is 5.91 Å². The molecule has 1 aliphatic rings. The van der Waals surface area contributed by atoms with Gasteiger partial charge in [-0.15, -0.1) is 0 Å². The van der Waals surface area contributed by atoms with E-state index < -0.39 is 0 Å². The van der Waals surface area contributed by atoms with Crippen LogP contribution >= 0.6 is 11.3 Å². The number of carbonyl (C=O) groups excluding carboxylic acids is 1. The quantitative estimate of drug-likeness (QED) is 0.861. The molecule has 18 heavy (non-hydrogen) atoms. The third kappa shape index (κ3) is 2.75. The van der Waals surface area contributed by atoms with Crippen LogP contribution in [-0.4, -0.2) is 35.9 Å². The minimum absolute atomic E-state index is 0.0283. The summed E-state index contributed by atoms with van der Waals surface area (Å²) in [7, 11) is 1.78. The molecule has 3 N–H and O–H groups in total. The Kier molecular flexibility index (Phi) is 4.06. The summed E-state index contributed by atoms with van der Waals surface area (Å²) < 4.78 is 0. The van der Waals surface area contributed by atoms with E-state index in [0.717, 1.165) is 25.9 Å². The van der Waals surface area contributed by atoms with E-state index in [9.17, 15) is 4.79 Å². The van der Waals surface area contributed by atoms with Gasteiger partial charge in [0.2, 0.25) is 0 Å². The van der Waals surface area contributed by atoms with Crippen molar-refractivity contribution in [1.29, 1.82) is 0 Å². The SMILES string of the molecule is CNc1nc(N)c(C(=O)N2CCCC(C)CC2)s1. The van der Waals surface area contributed by atoms with Crippen LogP contribution in [-0.2, 0) is 0 Å². The van der Waals surface area contributed by atoms with E-state index in [1.807, 2.05) is 4.90 Å². The third-order valence-electron chi connectivity index (χ3n) is 3.37. The van der Waals surface area contributed by atoms with Crippen LogP contribution in [0.3, 0.4) is 0 Å². The van der Waals surface area contributed by atoms with Gasteiger partial charge in [0.25, 0.3) is 5.91 Å². The van der Waals surface area contributed by atoms with E-state index in [4.69, 9.17) is 5.73 Å². The number of nitrogens with two attached hydrogens (primary N) is 1. The van der Waals surface area contributed by atoms with Crippen LogP contribution in [0.2, 0.25) is 0 Å². The molecular weight excluding hydrogens is 248 g/mol. The highest BCUT2D eigenvalue weighted by Crippen LogP contribution is 2.27. The van der Waals surface area contributed by atoms with Crippen LogP contribution in [0.25, 0.3) is 0 Å². The second-order valence-electron chi connectivity index (χ2n) is 4.81. The van der Waals surface area contributed by atoms with Gasteiger partial charge in [-0.25, -0.2) is 4.98 Å². The Hall–Kier alpha value is -1.30. The van der Waals surface area contributed by atoms with Crippen LogP contribution in [0.1, 0.15) is 35.9 Å². The molecule has 6 heteroatoms. The van der Waals surface area contributed by atoms with E-state index in [1.54, 1.807) is 7.05 Å². The summed E-state index contributed by atoms with van der Waals surface area (Å²) in [5.41, 5.74) is 5.80. The molecule has 1 saturated heterocycles. The van der Waals surface area contributed by atoms with Gasteiger partial charge in [0.15, 0.2) is 5.13 Å². The highest BCUT2D eigenvalue weighted by Gasteiger charge is 2.24. The third-order valence-corrected chi connectivity index (χ3v) is 4.44. The first-order valence-electron chi connectivity index (χ1n) is 6.35. The first-order chi connectivity index (χ1) is 8.61. The number of anilines is 2. The maximum absolute atomic E-state index is 12.4. The molecule has 2 heterocycles. The number of rotatable bonds is 2. The maximum atomic E-state index is 12.4. The average Bonchev–Trinajstić information content (AvgIpc) is 2.59. The molecule has 0 radical (unpaired) electrons. The lowest BCUT2D eigenvalue weighted by Gasteiger charge is -2.19. The Morgan fingerprint density at radius 2 is 2.28 bits per heavy atom. The number of likely N-dealkylation sites (tertiary alicyclic amines) is 1. The van der Waals surface area contributed by atoms with Crippen molar-refractivity contribution in [2.45, 2.75) is 26.2 Å². The number of hydrogen-bond acceptors (Lipinski definition) is 5. The first-order valence-corrected chi connectivity index (χ1v) is 7.16. The van der Waals surface area contributed by atoms with Crippen molar-refractivity contribution in [2.24, 2.45) is 5.92 Å². The molecule has 1 aromatic rings. The standard InChI is InChI=1S/C12H20N4OS/c1-8-4-3-6-16(7-5-8)11(17)9-10(13)15-12(14-2)18-9/h8H,3-7,13H2,1-2H3,(H,14,15). The molecule has 0 saturated carbocycles. The molecule has 1 aromatic heterocycles. The predicted octanol–water partition coefficient (Wildman–Crippen LogP) is 2.03. The molecule has 1 amide bonds. The molecule has 100 valence electrons. The first kappa shape index (κ1) is 13.1. The molecule has 0 aliphatic carbocycles. The highest BCUT2D eigenvalue weighted by atomic mass is 32.1. The fraction of sp³-hybridized carbons (Fsp3) is 0.667. The van der Waals surface area contributed by atoms with Crippen molar-refractivity contribution in [3.63, 3.8) is 0 Å². The van der Waals surface area contributed by atoms with Crippen molar-refractivity contribution in [1.82, 2.24) is 9.88 Å². The molecule has 1 aliphatic heterocycles. The number of nitrogens with one attached hydrogen (secondary N) is 1. The van der Waals surface area contributed by atoms with Gasteiger partial charge in [-0.05, 0) is 25.2 Å². The van der Waals surface area contributed by atoms with Crippen molar-refractivity contribution < 1.29 is 4.79 Å². The Bertz CT molecular complexity index is 432. The summed E-state index contributed by atoms with van der Waals surface area (Å²) in [5, 5.41) is 3.62. The van der Waals surface area contributed by atoms with Crippen molar-refractivity contribution >= 4 is 28.2 Å². The van der Waals surface area contributed by atoms with E-state index in [2.05, 4.69) is 17.2 Å². The number of amides is 1. The van der Waals surface area contributed by atoms with Crippen molar-refractivity contribution in [3.05, 3.63) is 4.88 Å². The summed E-state index contributed by atoms with van der Waals surface area (Å²) in [6, 6.07) is 0. The molecule has 1 unspecified atom stereocenters. The molecule has 0 bridgehead atoms. The number of nitrogens with zero attached hydrogens (tertiary/aromatic N) is 2. The van der Waals surface area contributed by atoms with Crippen molar-refractivity contribution in [3.8, 4) is 0 Å². The van der Waals surface area contributed by atoms with Gasteiger partial charge in [0.1, 0.15) is 10.7 Å². The van der Waals surface area contributed by atoms with Crippen LogP contribution < -0.4 is 11.1 Å². The fourth-order valence-corrected chi connectivity index (χ4v) is 3.01. The Balaban J connectivity index is 2.12. The number of aromatic nitrogens is 1. The zero-order chi connectivity index (χ0) is 13.1. The number of carbonyl (C=O) groups is 1. The Morgan fingerprint density at radius 3 is 2.94 bits per heavy atom. The van der Waals surface area contributed by atoms with Gasteiger partial charge in [-0.3, -0.25) is 4.79 Å². The summed E-state index contributed by atoms with van der Waals surface area (Å²) in [4.78, 5) is 19.0. The lowest BCUT2D eigenvalue weighted by atomic mass is 10.0.